The summed E-state index contributed by atoms with van der Waals surface area (Å²) in [6.07, 6.45) is 3.28. The Balaban J connectivity index is 1.45. The topological polar surface area (TPSA) is 87.7 Å². The molecule has 0 atom stereocenters. The fourth-order valence-corrected chi connectivity index (χ4v) is 4.21. The molecular formula is C29H28ClN3O4. The largest absolute Gasteiger partial charge is 0.495 e. The summed E-state index contributed by atoms with van der Waals surface area (Å²) in [4.78, 5) is 39.7. The first-order chi connectivity index (χ1) is 17.8. The van der Waals surface area contributed by atoms with Gasteiger partial charge < -0.3 is 15.4 Å². The van der Waals surface area contributed by atoms with E-state index in [4.69, 9.17) is 16.3 Å². The number of benzene rings is 3. The van der Waals surface area contributed by atoms with Gasteiger partial charge in [0.05, 0.1) is 12.8 Å². The third-order valence-electron chi connectivity index (χ3n) is 6.05. The number of carbonyl (C=O) groups is 3. The minimum atomic E-state index is -0.644. The second kappa shape index (κ2) is 11.3. The number of hydrogen-bond donors (Lipinski definition) is 2. The molecule has 1 heterocycles. The second-order valence-electron chi connectivity index (χ2n) is 8.77. The van der Waals surface area contributed by atoms with Gasteiger partial charge in [-0.1, -0.05) is 43.1 Å². The highest BCUT2D eigenvalue weighted by Gasteiger charge is 2.40. The van der Waals surface area contributed by atoms with Gasteiger partial charge in [0.1, 0.15) is 16.5 Å². The highest BCUT2D eigenvalue weighted by Crippen LogP contribution is 2.36. The number of nitrogens with zero attached hydrogens (tertiary/aromatic N) is 1. The number of imide groups is 1. The molecule has 7 nitrogen and oxygen atoms in total. The molecule has 190 valence electrons. The predicted octanol–water partition coefficient (Wildman–Crippen LogP) is 6.03. The molecule has 0 spiro atoms. The minimum absolute atomic E-state index is 0.0457. The van der Waals surface area contributed by atoms with E-state index >= 15 is 0 Å². The molecule has 0 fully saturated rings. The van der Waals surface area contributed by atoms with Crippen LogP contribution in [0.3, 0.4) is 0 Å². The Bertz CT molecular complexity index is 1360. The van der Waals surface area contributed by atoms with E-state index < -0.39 is 11.8 Å². The van der Waals surface area contributed by atoms with Gasteiger partial charge in [-0.25, -0.2) is 4.90 Å². The summed E-state index contributed by atoms with van der Waals surface area (Å²) in [5, 5.41) is 5.59. The van der Waals surface area contributed by atoms with Crippen LogP contribution in [-0.2, 0) is 16.0 Å². The molecule has 4 rings (SSSR count). The predicted molar refractivity (Wildman–Crippen MR) is 146 cm³/mol. The van der Waals surface area contributed by atoms with Crippen LogP contribution in [-0.4, -0.2) is 24.8 Å². The average molecular weight is 518 g/mol. The van der Waals surface area contributed by atoms with E-state index in [-0.39, 0.29) is 16.6 Å². The molecule has 2 N–H and O–H groups in total. The third-order valence-corrected chi connectivity index (χ3v) is 6.40. The monoisotopic (exact) mass is 517 g/mol. The number of anilines is 3. The lowest BCUT2D eigenvalue weighted by atomic mass is 10.1. The van der Waals surface area contributed by atoms with Gasteiger partial charge in [0.2, 0.25) is 0 Å². The van der Waals surface area contributed by atoms with Crippen molar-refractivity contribution >= 4 is 46.4 Å². The maximum Gasteiger partial charge on any atom is 0.283 e. The lowest BCUT2D eigenvalue weighted by molar-refractivity contribution is -0.120. The summed E-state index contributed by atoms with van der Waals surface area (Å²) >= 11 is 6.26. The van der Waals surface area contributed by atoms with E-state index in [9.17, 15) is 14.4 Å². The molecule has 0 saturated carbocycles. The van der Waals surface area contributed by atoms with Crippen molar-refractivity contribution < 1.29 is 19.1 Å². The van der Waals surface area contributed by atoms with Gasteiger partial charge in [0.25, 0.3) is 17.7 Å². The van der Waals surface area contributed by atoms with Crippen molar-refractivity contribution in [1.82, 2.24) is 0 Å². The highest BCUT2D eigenvalue weighted by molar-refractivity contribution is 6.53. The summed E-state index contributed by atoms with van der Waals surface area (Å²) < 4.78 is 5.33. The molecule has 3 amide bonds. The number of methoxy groups -OCH3 is 1. The summed E-state index contributed by atoms with van der Waals surface area (Å²) in [5.74, 6) is -1.11. The van der Waals surface area contributed by atoms with Crippen LogP contribution >= 0.6 is 11.6 Å². The van der Waals surface area contributed by atoms with E-state index in [1.165, 1.54) is 12.7 Å². The minimum Gasteiger partial charge on any atom is -0.495 e. The van der Waals surface area contributed by atoms with Crippen molar-refractivity contribution in [2.75, 3.05) is 22.6 Å². The Kier molecular flexibility index (Phi) is 7.94. The zero-order valence-corrected chi connectivity index (χ0v) is 21.7. The van der Waals surface area contributed by atoms with E-state index in [0.717, 1.165) is 29.7 Å². The van der Waals surface area contributed by atoms with E-state index in [1.807, 2.05) is 37.3 Å². The van der Waals surface area contributed by atoms with E-state index in [0.29, 0.717) is 28.4 Å². The third kappa shape index (κ3) is 5.67. The van der Waals surface area contributed by atoms with Crippen molar-refractivity contribution in [2.45, 2.75) is 33.1 Å². The first-order valence-corrected chi connectivity index (χ1v) is 12.4. The molecule has 0 bridgehead atoms. The normalized spacial score (nSPS) is 13.2. The molecule has 1 aliphatic heterocycles. The highest BCUT2D eigenvalue weighted by atomic mass is 35.5. The molecule has 0 aromatic heterocycles. The number of halogens is 1. The Morgan fingerprint density at radius 2 is 1.62 bits per heavy atom. The van der Waals surface area contributed by atoms with Gasteiger partial charge >= 0.3 is 0 Å². The van der Waals surface area contributed by atoms with Crippen LogP contribution in [0.15, 0.2) is 77.5 Å². The first kappa shape index (κ1) is 26.0. The van der Waals surface area contributed by atoms with Crippen molar-refractivity contribution in [3.05, 3.63) is 94.1 Å². The molecule has 8 heteroatoms. The maximum absolute atomic E-state index is 13.2. The molecule has 0 saturated heterocycles. The first-order valence-electron chi connectivity index (χ1n) is 12.0. The number of aryl methyl sites for hydroxylation is 2. The summed E-state index contributed by atoms with van der Waals surface area (Å²) in [5.41, 5.74) is 4.03. The van der Waals surface area contributed by atoms with E-state index in [1.54, 1.807) is 36.4 Å². The molecule has 3 aromatic carbocycles. The zero-order valence-electron chi connectivity index (χ0n) is 20.9. The van der Waals surface area contributed by atoms with Crippen LogP contribution in [0.25, 0.3) is 0 Å². The summed E-state index contributed by atoms with van der Waals surface area (Å²) in [6, 6.07) is 19.6. The number of ether oxygens (including phenoxy) is 1. The number of carbonyl (C=O) groups excluding carboxylic acids is 3. The lowest BCUT2D eigenvalue weighted by Crippen LogP contribution is -2.32. The Hall–Kier alpha value is -4.10. The zero-order chi connectivity index (χ0) is 26.5. The van der Waals surface area contributed by atoms with E-state index in [2.05, 4.69) is 17.6 Å². The van der Waals surface area contributed by atoms with Crippen LogP contribution in [0.5, 0.6) is 5.75 Å². The summed E-state index contributed by atoms with van der Waals surface area (Å²) in [6.45, 7) is 4.01. The Morgan fingerprint density at radius 3 is 2.27 bits per heavy atom. The molecule has 0 radical (unpaired) electrons. The quantitative estimate of drug-likeness (QED) is 0.338. The number of rotatable bonds is 9. The van der Waals surface area contributed by atoms with Gasteiger partial charge in [0.15, 0.2) is 0 Å². The van der Waals surface area contributed by atoms with Gasteiger partial charge in [-0.3, -0.25) is 14.4 Å². The summed E-state index contributed by atoms with van der Waals surface area (Å²) in [7, 11) is 1.47. The number of nitrogens with one attached hydrogen (secondary N) is 2. The molecule has 37 heavy (non-hydrogen) atoms. The van der Waals surface area contributed by atoms with Crippen LogP contribution < -0.4 is 20.3 Å². The van der Waals surface area contributed by atoms with Crippen LogP contribution in [0.1, 0.15) is 41.3 Å². The fraction of sp³-hybridized carbons (Fsp3) is 0.207. The van der Waals surface area contributed by atoms with Crippen molar-refractivity contribution in [2.24, 2.45) is 0 Å². The average Bonchev–Trinajstić information content (AvgIpc) is 3.11. The van der Waals surface area contributed by atoms with Crippen molar-refractivity contribution in [3.8, 4) is 5.75 Å². The lowest BCUT2D eigenvalue weighted by Gasteiger charge is -2.18. The molecule has 1 aliphatic rings. The van der Waals surface area contributed by atoms with Gasteiger partial charge in [-0.15, -0.1) is 0 Å². The van der Waals surface area contributed by atoms with Crippen molar-refractivity contribution in [1.29, 1.82) is 0 Å². The van der Waals surface area contributed by atoms with Gasteiger partial charge in [0, 0.05) is 16.9 Å². The number of hydrogen-bond acceptors (Lipinski definition) is 5. The standard InChI is InChI=1S/C29H28ClN3O4/c1-4-5-6-19-8-12-22(13-9-19)32-27(34)20-10-14-21(15-11-20)31-26-25(30)28(35)33(29(26)36)23-17-18(2)7-16-24(23)37-3/h7-17,31H,4-6H2,1-3H3,(H,32,34). The number of amides is 3. The Labute approximate surface area is 221 Å². The maximum atomic E-state index is 13.2. The van der Waals surface area contributed by atoms with Crippen molar-refractivity contribution in [3.63, 3.8) is 0 Å². The molecule has 0 unspecified atom stereocenters. The smallest absolute Gasteiger partial charge is 0.283 e. The van der Waals surface area contributed by atoms with Gasteiger partial charge in [-0.05, 0) is 79.4 Å². The number of unbranched alkanes of at least 4 members (excludes halogenated alkanes) is 1. The molecular weight excluding hydrogens is 490 g/mol. The van der Waals surface area contributed by atoms with Gasteiger partial charge in [-0.2, -0.15) is 0 Å². The SMILES string of the molecule is CCCCc1ccc(NC(=O)c2ccc(NC3=C(Cl)C(=O)N(c4cc(C)ccc4OC)C3=O)cc2)cc1. The second-order valence-corrected chi connectivity index (χ2v) is 9.14. The molecule has 3 aromatic rings. The Morgan fingerprint density at radius 1 is 0.946 bits per heavy atom. The fourth-order valence-electron chi connectivity index (χ4n) is 3.99. The van der Waals surface area contributed by atoms with Crippen LogP contribution in [0, 0.1) is 6.92 Å². The van der Waals surface area contributed by atoms with Crippen LogP contribution in [0.2, 0.25) is 0 Å². The molecule has 0 aliphatic carbocycles. The van der Waals surface area contributed by atoms with Crippen LogP contribution in [0.4, 0.5) is 17.1 Å².